The largest absolute Gasteiger partial charge is 0.374 e. The van der Waals surface area contributed by atoms with Gasteiger partial charge in [0, 0.05) is 5.57 Å². The Morgan fingerprint density at radius 2 is 2.07 bits per heavy atom. The van der Waals surface area contributed by atoms with E-state index in [4.69, 9.17) is 10.00 Å². The van der Waals surface area contributed by atoms with Crippen LogP contribution in [-0.2, 0) is 4.74 Å². The zero-order valence-electron chi connectivity index (χ0n) is 10.2. The lowest BCUT2D eigenvalue weighted by Crippen LogP contribution is -2.11. The first kappa shape index (κ1) is 13.9. The number of hydrogen-bond acceptors (Lipinski definition) is 2. The fourth-order valence-electron chi connectivity index (χ4n) is 1.11. The van der Waals surface area contributed by atoms with Gasteiger partial charge in [0.05, 0.1) is 18.8 Å². The maximum absolute atomic E-state index is 8.68. The van der Waals surface area contributed by atoms with Crippen molar-refractivity contribution >= 4 is 0 Å². The van der Waals surface area contributed by atoms with Gasteiger partial charge in [0.15, 0.2) is 0 Å². The molecule has 0 saturated carbocycles. The van der Waals surface area contributed by atoms with Crippen LogP contribution in [-0.4, -0.2) is 12.7 Å². The predicted octanol–water partition coefficient (Wildman–Crippen LogP) is 3.46. The van der Waals surface area contributed by atoms with Gasteiger partial charge in [0.1, 0.15) is 0 Å². The molecule has 2 heteroatoms. The number of hydrogen-bond donors (Lipinski definition) is 0. The van der Waals surface area contributed by atoms with Crippen LogP contribution in [0.3, 0.4) is 0 Å². The fourth-order valence-corrected chi connectivity index (χ4v) is 1.11. The van der Waals surface area contributed by atoms with Crippen LogP contribution in [0.4, 0.5) is 0 Å². The summed E-state index contributed by atoms with van der Waals surface area (Å²) in [4.78, 5) is 0. The highest BCUT2D eigenvalue weighted by Gasteiger charge is 2.08. The number of rotatable bonds is 6. The molecule has 2 nitrogen and oxygen atoms in total. The Kier molecular flexibility index (Phi) is 6.73. The van der Waals surface area contributed by atoms with Crippen LogP contribution in [0.2, 0.25) is 0 Å². The third-order valence-corrected chi connectivity index (χ3v) is 2.33. The molecule has 0 fully saturated rings. The van der Waals surface area contributed by atoms with Crippen molar-refractivity contribution in [2.24, 2.45) is 5.92 Å². The third-order valence-electron chi connectivity index (χ3n) is 2.33. The Balaban J connectivity index is 4.52. The summed E-state index contributed by atoms with van der Waals surface area (Å²) in [5.74, 6) is 0.439. The minimum absolute atomic E-state index is 0.216. The zero-order valence-corrected chi connectivity index (χ0v) is 10.2. The second kappa shape index (κ2) is 7.25. The summed E-state index contributed by atoms with van der Waals surface area (Å²) in [6.45, 7) is 12.5. The predicted molar refractivity (Wildman–Crippen MR) is 63.4 cm³/mol. The number of nitriles is 1. The lowest BCUT2D eigenvalue weighted by Gasteiger charge is -2.16. The van der Waals surface area contributed by atoms with Gasteiger partial charge in [-0.2, -0.15) is 5.26 Å². The van der Waals surface area contributed by atoms with Crippen molar-refractivity contribution in [1.29, 1.82) is 5.26 Å². The average molecular weight is 207 g/mol. The van der Waals surface area contributed by atoms with Gasteiger partial charge in [-0.05, 0) is 37.8 Å². The van der Waals surface area contributed by atoms with Crippen molar-refractivity contribution in [2.45, 2.75) is 40.2 Å². The number of allylic oxidation sites excluding steroid dienone is 2. The Morgan fingerprint density at radius 1 is 1.47 bits per heavy atom. The molecule has 0 amide bonds. The molecule has 15 heavy (non-hydrogen) atoms. The molecule has 0 heterocycles. The Labute approximate surface area is 93.2 Å². The molecule has 0 N–H and O–H groups in total. The molecule has 0 aromatic carbocycles. The maximum atomic E-state index is 8.68. The van der Waals surface area contributed by atoms with Gasteiger partial charge >= 0.3 is 0 Å². The molecule has 1 atom stereocenters. The first-order chi connectivity index (χ1) is 7.01. The maximum Gasteiger partial charge on any atom is 0.0985 e. The molecule has 0 aromatic rings. The van der Waals surface area contributed by atoms with Crippen molar-refractivity contribution in [2.75, 3.05) is 6.61 Å². The quantitative estimate of drug-likeness (QED) is 0.493. The lowest BCUT2D eigenvalue weighted by molar-refractivity contribution is 0.0927. The van der Waals surface area contributed by atoms with Crippen LogP contribution < -0.4 is 0 Å². The van der Waals surface area contributed by atoms with Gasteiger partial charge < -0.3 is 4.74 Å². The van der Waals surface area contributed by atoms with Gasteiger partial charge in [0.2, 0.25) is 0 Å². The first-order valence-electron chi connectivity index (χ1n) is 5.42. The smallest absolute Gasteiger partial charge is 0.0985 e. The van der Waals surface area contributed by atoms with E-state index in [0.717, 1.165) is 12.0 Å². The second-order valence-corrected chi connectivity index (χ2v) is 4.03. The van der Waals surface area contributed by atoms with E-state index >= 15 is 0 Å². The molecule has 0 aliphatic carbocycles. The van der Waals surface area contributed by atoms with Gasteiger partial charge in [-0.3, -0.25) is 0 Å². The van der Waals surface area contributed by atoms with E-state index in [1.165, 1.54) is 0 Å². The Hall–Kier alpha value is -1.07. The van der Waals surface area contributed by atoms with E-state index in [0.29, 0.717) is 18.1 Å². The summed E-state index contributed by atoms with van der Waals surface area (Å²) >= 11 is 0. The van der Waals surface area contributed by atoms with Crippen LogP contribution in [0.15, 0.2) is 23.8 Å². The van der Waals surface area contributed by atoms with E-state index in [9.17, 15) is 0 Å². The van der Waals surface area contributed by atoms with E-state index in [1.54, 1.807) is 0 Å². The lowest BCUT2D eigenvalue weighted by atomic mass is 9.97. The standard InChI is InChI=1S/C13H21NO/c1-6-12(5)13(7-11(4)8-14)9-15-10(2)3/h7,10,12H,4,6,9H2,1-3,5H3/b13-7-. The monoisotopic (exact) mass is 207 g/mol. The molecule has 0 radical (unpaired) electrons. The zero-order chi connectivity index (χ0) is 11.8. The molecule has 0 aliphatic rings. The molecular formula is C13H21NO. The Bertz CT molecular complexity index is 271. The van der Waals surface area contributed by atoms with Crippen molar-refractivity contribution in [3.63, 3.8) is 0 Å². The molecule has 1 unspecified atom stereocenters. The molecule has 84 valence electrons. The van der Waals surface area contributed by atoms with Gasteiger partial charge in [-0.15, -0.1) is 0 Å². The van der Waals surface area contributed by atoms with Gasteiger partial charge in [0.25, 0.3) is 0 Å². The average Bonchev–Trinajstić information content (AvgIpc) is 2.22. The summed E-state index contributed by atoms with van der Waals surface area (Å²) in [6, 6.07) is 2.04. The fraction of sp³-hybridized carbons (Fsp3) is 0.615. The van der Waals surface area contributed by atoms with Crippen LogP contribution >= 0.6 is 0 Å². The minimum Gasteiger partial charge on any atom is -0.374 e. The molecule has 0 bridgehead atoms. The highest BCUT2D eigenvalue weighted by molar-refractivity contribution is 5.33. The molecule has 0 aromatic heterocycles. The molecule has 0 aliphatic heterocycles. The molecule has 0 saturated heterocycles. The van der Waals surface area contributed by atoms with E-state index in [2.05, 4.69) is 20.4 Å². The van der Waals surface area contributed by atoms with Gasteiger partial charge in [-0.25, -0.2) is 0 Å². The van der Waals surface area contributed by atoms with E-state index in [-0.39, 0.29) is 6.10 Å². The summed E-state index contributed by atoms with van der Waals surface area (Å²) in [6.07, 6.45) is 3.11. The second-order valence-electron chi connectivity index (χ2n) is 4.03. The summed E-state index contributed by atoms with van der Waals surface area (Å²) in [5.41, 5.74) is 1.65. The highest BCUT2D eigenvalue weighted by Crippen LogP contribution is 2.17. The summed E-state index contributed by atoms with van der Waals surface area (Å²) < 4.78 is 5.55. The summed E-state index contributed by atoms with van der Waals surface area (Å²) in [5, 5.41) is 8.68. The third kappa shape index (κ3) is 6.09. The van der Waals surface area contributed by atoms with Crippen molar-refractivity contribution in [3.8, 4) is 6.07 Å². The molecule has 0 spiro atoms. The topological polar surface area (TPSA) is 33.0 Å². The number of ether oxygens (including phenoxy) is 1. The van der Waals surface area contributed by atoms with Crippen molar-refractivity contribution in [1.82, 2.24) is 0 Å². The SMILES string of the molecule is C=C(C#N)/C=C(/COC(C)C)C(C)CC. The Morgan fingerprint density at radius 3 is 2.47 bits per heavy atom. The van der Waals surface area contributed by atoms with Crippen LogP contribution in [0.5, 0.6) is 0 Å². The van der Waals surface area contributed by atoms with Crippen molar-refractivity contribution in [3.05, 3.63) is 23.8 Å². The molecular weight excluding hydrogens is 186 g/mol. The minimum atomic E-state index is 0.216. The highest BCUT2D eigenvalue weighted by atomic mass is 16.5. The van der Waals surface area contributed by atoms with Crippen LogP contribution in [0.1, 0.15) is 34.1 Å². The molecule has 0 rings (SSSR count). The summed E-state index contributed by atoms with van der Waals surface area (Å²) in [7, 11) is 0. The van der Waals surface area contributed by atoms with E-state index < -0.39 is 0 Å². The van der Waals surface area contributed by atoms with Crippen molar-refractivity contribution < 1.29 is 4.74 Å². The van der Waals surface area contributed by atoms with E-state index in [1.807, 2.05) is 26.0 Å². The van der Waals surface area contributed by atoms with Crippen LogP contribution in [0.25, 0.3) is 0 Å². The number of nitrogens with zero attached hydrogens (tertiary/aromatic N) is 1. The normalized spacial score (nSPS) is 13.7. The first-order valence-corrected chi connectivity index (χ1v) is 5.42. The van der Waals surface area contributed by atoms with Gasteiger partial charge in [-0.1, -0.05) is 20.4 Å². The van der Waals surface area contributed by atoms with Crippen LogP contribution in [0, 0.1) is 17.2 Å².